The second-order valence-corrected chi connectivity index (χ2v) is 7.73. The van der Waals surface area contributed by atoms with Crippen LogP contribution in [0.15, 0.2) is 83.9 Å². The average Bonchev–Trinajstić information content (AvgIpc) is 2.88. The van der Waals surface area contributed by atoms with Crippen molar-refractivity contribution < 1.29 is 14.5 Å². The van der Waals surface area contributed by atoms with E-state index in [-0.39, 0.29) is 23.8 Å². The van der Waals surface area contributed by atoms with Crippen molar-refractivity contribution in [2.75, 3.05) is 5.32 Å². The smallest absolute Gasteiger partial charge is 0.294 e. The summed E-state index contributed by atoms with van der Waals surface area (Å²) in [4.78, 5) is 52.4. The number of carbonyl (C=O) groups is 2. The van der Waals surface area contributed by atoms with Crippen LogP contribution in [0.1, 0.15) is 32.1 Å². The molecule has 0 aliphatic heterocycles. The molecule has 180 valence electrons. The molecule has 11 heteroatoms. The second-order valence-electron chi connectivity index (χ2n) is 7.73. The van der Waals surface area contributed by atoms with Gasteiger partial charge in [0.25, 0.3) is 17.5 Å². The van der Waals surface area contributed by atoms with Crippen molar-refractivity contribution in [1.82, 2.24) is 20.1 Å². The third-order valence-electron chi connectivity index (χ3n) is 5.21. The highest BCUT2D eigenvalue weighted by molar-refractivity contribution is 6.04. The number of anilines is 1. The number of nitrogens with zero attached hydrogens (tertiary/aromatic N) is 4. The first-order chi connectivity index (χ1) is 17.3. The minimum atomic E-state index is -0.737. The zero-order chi connectivity index (χ0) is 25.7. The number of rotatable bonds is 7. The SMILES string of the molecule is Cc1cc(=O)c(C(=O)NCc2cccc(NC(=O)c3ccncc3)c2)nn1-c1ccccc1[N+](=O)[O-]. The molecule has 0 aliphatic carbocycles. The summed E-state index contributed by atoms with van der Waals surface area (Å²) in [7, 11) is 0. The maximum atomic E-state index is 12.8. The van der Waals surface area contributed by atoms with E-state index in [0.717, 1.165) is 0 Å². The highest BCUT2D eigenvalue weighted by atomic mass is 16.6. The quantitative estimate of drug-likeness (QED) is 0.302. The summed E-state index contributed by atoms with van der Waals surface area (Å²) in [5.74, 6) is -1.04. The van der Waals surface area contributed by atoms with Gasteiger partial charge in [-0.05, 0) is 42.8 Å². The second kappa shape index (κ2) is 10.4. The Bertz CT molecular complexity index is 1520. The summed E-state index contributed by atoms with van der Waals surface area (Å²) in [6.45, 7) is 1.62. The van der Waals surface area contributed by atoms with Gasteiger partial charge in [0.05, 0.1) is 4.92 Å². The van der Waals surface area contributed by atoms with Gasteiger partial charge < -0.3 is 10.6 Å². The molecule has 2 aromatic carbocycles. The van der Waals surface area contributed by atoms with Crippen LogP contribution in [0, 0.1) is 17.0 Å². The zero-order valence-electron chi connectivity index (χ0n) is 19.0. The summed E-state index contributed by atoms with van der Waals surface area (Å²) in [6, 6.07) is 17.1. The lowest BCUT2D eigenvalue weighted by molar-refractivity contribution is -0.384. The molecule has 0 saturated heterocycles. The Morgan fingerprint density at radius 3 is 2.50 bits per heavy atom. The molecule has 0 atom stereocenters. The lowest BCUT2D eigenvalue weighted by Gasteiger charge is -2.12. The standard InChI is InChI=1S/C25H20N6O5/c1-16-13-22(32)23(29-30(16)20-7-2-3-8-21(20)31(35)36)25(34)27-15-17-5-4-6-19(14-17)28-24(33)18-9-11-26-12-10-18/h2-14H,15H2,1H3,(H,27,34)(H,28,33). The summed E-state index contributed by atoms with van der Waals surface area (Å²) in [5, 5.41) is 20.9. The van der Waals surface area contributed by atoms with Gasteiger partial charge in [0.2, 0.25) is 5.43 Å². The van der Waals surface area contributed by atoms with Crippen LogP contribution >= 0.6 is 0 Å². The number of para-hydroxylation sites is 2. The molecule has 2 amide bonds. The Labute approximate surface area is 204 Å². The van der Waals surface area contributed by atoms with Crippen LogP contribution in [-0.2, 0) is 6.54 Å². The number of aromatic nitrogens is 3. The van der Waals surface area contributed by atoms with Crippen LogP contribution in [0.3, 0.4) is 0 Å². The van der Waals surface area contributed by atoms with Crippen LogP contribution in [0.4, 0.5) is 11.4 Å². The van der Waals surface area contributed by atoms with Crippen molar-refractivity contribution in [1.29, 1.82) is 0 Å². The summed E-state index contributed by atoms with van der Waals surface area (Å²) in [6.07, 6.45) is 3.04. The van der Waals surface area contributed by atoms with Crippen molar-refractivity contribution in [3.63, 3.8) is 0 Å². The fraction of sp³-hybridized carbons (Fsp3) is 0.0800. The monoisotopic (exact) mass is 484 g/mol. The van der Waals surface area contributed by atoms with Crippen LogP contribution in [-0.4, -0.2) is 31.5 Å². The number of nitro groups is 1. The van der Waals surface area contributed by atoms with Crippen LogP contribution in [0.25, 0.3) is 5.69 Å². The molecule has 0 saturated carbocycles. The van der Waals surface area contributed by atoms with Gasteiger partial charge in [0, 0.05) is 48.0 Å². The average molecular weight is 484 g/mol. The normalized spacial score (nSPS) is 10.5. The van der Waals surface area contributed by atoms with Gasteiger partial charge in [-0.1, -0.05) is 24.3 Å². The molecule has 0 unspecified atom stereocenters. The number of benzene rings is 2. The van der Waals surface area contributed by atoms with E-state index in [4.69, 9.17) is 0 Å². The van der Waals surface area contributed by atoms with Crippen LogP contribution < -0.4 is 16.1 Å². The minimum absolute atomic E-state index is 0.0539. The van der Waals surface area contributed by atoms with Gasteiger partial charge in [-0.2, -0.15) is 5.10 Å². The molecule has 0 radical (unpaired) electrons. The lowest BCUT2D eigenvalue weighted by Crippen LogP contribution is -2.31. The highest BCUT2D eigenvalue weighted by Gasteiger charge is 2.20. The maximum absolute atomic E-state index is 12.8. The molecular weight excluding hydrogens is 464 g/mol. The van der Waals surface area contributed by atoms with Crippen molar-refractivity contribution in [2.24, 2.45) is 0 Å². The number of hydrogen-bond donors (Lipinski definition) is 2. The number of pyridine rings is 1. The Morgan fingerprint density at radius 1 is 1.00 bits per heavy atom. The largest absolute Gasteiger partial charge is 0.346 e. The fourth-order valence-electron chi connectivity index (χ4n) is 3.48. The van der Waals surface area contributed by atoms with E-state index in [1.54, 1.807) is 49.4 Å². The van der Waals surface area contributed by atoms with Gasteiger partial charge in [-0.3, -0.25) is 29.5 Å². The van der Waals surface area contributed by atoms with Gasteiger partial charge in [-0.15, -0.1) is 0 Å². The zero-order valence-corrected chi connectivity index (χ0v) is 19.0. The van der Waals surface area contributed by atoms with E-state index in [1.807, 2.05) is 0 Å². The number of nitro benzene ring substituents is 1. The van der Waals surface area contributed by atoms with Crippen molar-refractivity contribution in [2.45, 2.75) is 13.5 Å². The number of carbonyl (C=O) groups excluding carboxylic acids is 2. The van der Waals surface area contributed by atoms with E-state index in [9.17, 15) is 24.5 Å². The van der Waals surface area contributed by atoms with E-state index < -0.39 is 22.0 Å². The lowest BCUT2D eigenvalue weighted by atomic mass is 10.2. The van der Waals surface area contributed by atoms with E-state index in [0.29, 0.717) is 22.5 Å². The minimum Gasteiger partial charge on any atom is -0.346 e. The molecule has 36 heavy (non-hydrogen) atoms. The molecule has 4 aromatic rings. The predicted molar refractivity (Wildman–Crippen MR) is 131 cm³/mol. The Balaban J connectivity index is 1.51. The van der Waals surface area contributed by atoms with E-state index >= 15 is 0 Å². The Morgan fingerprint density at radius 2 is 1.75 bits per heavy atom. The first-order valence-electron chi connectivity index (χ1n) is 10.8. The van der Waals surface area contributed by atoms with Crippen LogP contribution in [0.5, 0.6) is 0 Å². The van der Waals surface area contributed by atoms with Crippen molar-refractivity contribution in [3.05, 3.63) is 122 Å². The maximum Gasteiger partial charge on any atom is 0.294 e. The fourth-order valence-corrected chi connectivity index (χ4v) is 3.48. The number of aryl methyl sites for hydroxylation is 1. The highest BCUT2D eigenvalue weighted by Crippen LogP contribution is 2.22. The molecule has 11 nitrogen and oxygen atoms in total. The molecule has 2 N–H and O–H groups in total. The van der Waals surface area contributed by atoms with Crippen molar-refractivity contribution in [3.8, 4) is 5.69 Å². The summed E-state index contributed by atoms with van der Waals surface area (Å²) >= 11 is 0. The van der Waals surface area contributed by atoms with Crippen LogP contribution in [0.2, 0.25) is 0 Å². The molecule has 0 bridgehead atoms. The molecule has 0 fully saturated rings. The molecule has 0 aliphatic rings. The van der Waals surface area contributed by atoms with Gasteiger partial charge in [-0.25, -0.2) is 4.68 Å². The van der Waals surface area contributed by atoms with E-state index in [2.05, 4.69) is 20.7 Å². The molecule has 2 heterocycles. The van der Waals surface area contributed by atoms with Gasteiger partial charge in [0.1, 0.15) is 5.69 Å². The topological polar surface area (TPSA) is 149 Å². The van der Waals surface area contributed by atoms with Crippen molar-refractivity contribution >= 4 is 23.2 Å². The molecule has 4 rings (SSSR count). The summed E-state index contributed by atoms with van der Waals surface area (Å²) in [5.41, 5.74) is 0.880. The number of nitrogens with one attached hydrogen (secondary N) is 2. The Hall–Kier alpha value is -5.19. The first-order valence-corrected chi connectivity index (χ1v) is 10.8. The van der Waals surface area contributed by atoms with Gasteiger partial charge >= 0.3 is 0 Å². The van der Waals surface area contributed by atoms with Gasteiger partial charge in [0.15, 0.2) is 5.69 Å². The third kappa shape index (κ3) is 5.30. The third-order valence-corrected chi connectivity index (χ3v) is 5.21. The number of hydrogen-bond acceptors (Lipinski definition) is 7. The first kappa shape index (κ1) is 24.0. The summed E-state index contributed by atoms with van der Waals surface area (Å²) < 4.78 is 1.20. The molecule has 0 spiro atoms. The molecular formula is C25H20N6O5. The van der Waals surface area contributed by atoms with E-state index in [1.165, 1.54) is 41.3 Å². The Kier molecular flexibility index (Phi) is 6.91. The predicted octanol–water partition coefficient (Wildman–Crippen LogP) is 3.03. The molecule has 2 aromatic heterocycles. The number of amides is 2.